The topological polar surface area (TPSA) is 35.8 Å². The number of para-hydroxylation sites is 1. The van der Waals surface area contributed by atoms with E-state index in [0.717, 1.165) is 5.56 Å². The van der Waals surface area contributed by atoms with Crippen LogP contribution < -0.4 is 5.32 Å². The van der Waals surface area contributed by atoms with Gasteiger partial charge in [0.2, 0.25) is 0 Å². The molecule has 2 nitrogen and oxygen atoms in total. The van der Waals surface area contributed by atoms with Crippen molar-refractivity contribution in [3.8, 4) is 6.07 Å². The molecule has 0 aliphatic carbocycles. The van der Waals surface area contributed by atoms with Crippen molar-refractivity contribution in [1.29, 1.82) is 5.26 Å². The number of nitrogens with one attached hydrogen (secondary N) is 1. The van der Waals surface area contributed by atoms with Crippen molar-refractivity contribution >= 4 is 17.4 Å². The zero-order valence-electron chi connectivity index (χ0n) is 9.05. The second kappa shape index (κ2) is 4.15. The van der Waals surface area contributed by atoms with Crippen molar-refractivity contribution < 1.29 is 0 Å². The van der Waals surface area contributed by atoms with Crippen LogP contribution >= 0.6 is 11.8 Å². The first-order chi connectivity index (χ1) is 8.36. The van der Waals surface area contributed by atoms with E-state index in [-0.39, 0.29) is 5.37 Å². The smallest absolute Gasteiger partial charge is 0.103 e. The normalized spacial score (nSPS) is 17.0. The predicted octanol–water partition coefficient (Wildman–Crippen LogP) is 3.77. The van der Waals surface area contributed by atoms with Gasteiger partial charge in [-0.25, -0.2) is 0 Å². The average molecular weight is 238 g/mol. The molecular formula is C14H10N2S. The number of hydrogen-bond acceptors (Lipinski definition) is 3. The lowest BCUT2D eigenvalue weighted by atomic mass is 10.1. The second-order valence-corrected chi connectivity index (χ2v) is 5.02. The van der Waals surface area contributed by atoms with Crippen molar-refractivity contribution in [2.24, 2.45) is 0 Å². The standard InChI is InChI=1S/C14H10N2S/c15-9-10-4-3-5-11(8-10)14-16-12-6-1-2-7-13(12)17-14/h1-8,14,16H. The summed E-state index contributed by atoms with van der Waals surface area (Å²) in [6.07, 6.45) is 0. The van der Waals surface area contributed by atoms with Gasteiger partial charge in [-0.05, 0) is 29.8 Å². The van der Waals surface area contributed by atoms with Crippen molar-refractivity contribution in [1.82, 2.24) is 0 Å². The number of nitriles is 1. The van der Waals surface area contributed by atoms with Crippen molar-refractivity contribution in [2.75, 3.05) is 5.32 Å². The molecule has 0 fully saturated rings. The van der Waals surface area contributed by atoms with Crippen LogP contribution in [0.3, 0.4) is 0 Å². The molecule has 2 aromatic rings. The van der Waals surface area contributed by atoms with E-state index < -0.39 is 0 Å². The third-order valence-corrected chi connectivity index (χ3v) is 3.97. The Bertz CT molecular complexity index is 576. The van der Waals surface area contributed by atoms with Crippen LogP contribution in [-0.2, 0) is 0 Å². The van der Waals surface area contributed by atoms with Gasteiger partial charge in [0.05, 0.1) is 11.6 Å². The minimum Gasteiger partial charge on any atom is -0.368 e. The van der Waals surface area contributed by atoms with E-state index in [2.05, 4.69) is 29.6 Å². The number of anilines is 1. The van der Waals surface area contributed by atoms with Crippen LogP contribution in [0.5, 0.6) is 0 Å². The van der Waals surface area contributed by atoms with Gasteiger partial charge in [0.1, 0.15) is 5.37 Å². The van der Waals surface area contributed by atoms with Crippen LogP contribution in [0, 0.1) is 11.3 Å². The lowest BCUT2D eigenvalue weighted by Crippen LogP contribution is -2.01. The highest BCUT2D eigenvalue weighted by Crippen LogP contribution is 2.46. The van der Waals surface area contributed by atoms with Gasteiger partial charge >= 0.3 is 0 Å². The third-order valence-electron chi connectivity index (χ3n) is 2.74. The first-order valence-corrected chi connectivity index (χ1v) is 6.27. The van der Waals surface area contributed by atoms with Crippen molar-refractivity contribution in [3.63, 3.8) is 0 Å². The van der Waals surface area contributed by atoms with Gasteiger partial charge in [-0.1, -0.05) is 36.0 Å². The molecule has 1 unspecified atom stereocenters. The van der Waals surface area contributed by atoms with E-state index in [1.165, 1.54) is 10.6 Å². The Morgan fingerprint density at radius 2 is 2.00 bits per heavy atom. The van der Waals surface area contributed by atoms with E-state index in [0.29, 0.717) is 5.56 Å². The molecule has 1 heterocycles. The van der Waals surface area contributed by atoms with Gasteiger partial charge in [0.25, 0.3) is 0 Å². The highest BCUT2D eigenvalue weighted by molar-refractivity contribution is 8.00. The van der Waals surface area contributed by atoms with E-state index in [1.54, 1.807) is 11.8 Å². The van der Waals surface area contributed by atoms with Crippen LogP contribution in [0.15, 0.2) is 53.4 Å². The summed E-state index contributed by atoms with van der Waals surface area (Å²) >= 11 is 1.79. The minimum absolute atomic E-state index is 0.209. The monoisotopic (exact) mass is 238 g/mol. The maximum absolute atomic E-state index is 8.90. The molecule has 0 radical (unpaired) electrons. The maximum Gasteiger partial charge on any atom is 0.103 e. The Labute approximate surface area is 104 Å². The fourth-order valence-corrected chi connectivity index (χ4v) is 3.04. The average Bonchev–Trinajstić information content (AvgIpc) is 2.82. The van der Waals surface area contributed by atoms with Crippen molar-refractivity contribution in [3.05, 3.63) is 59.7 Å². The third kappa shape index (κ3) is 1.88. The molecule has 3 heteroatoms. The fraction of sp³-hybridized carbons (Fsp3) is 0.0714. The van der Waals surface area contributed by atoms with Gasteiger partial charge in [-0.3, -0.25) is 0 Å². The summed E-state index contributed by atoms with van der Waals surface area (Å²) in [4.78, 5) is 1.26. The van der Waals surface area contributed by atoms with Gasteiger partial charge in [-0.2, -0.15) is 5.26 Å². The SMILES string of the molecule is N#Cc1cccc(C2Nc3ccccc3S2)c1. The number of fused-ring (bicyclic) bond motifs is 1. The van der Waals surface area contributed by atoms with Gasteiger partial charge in [0.15, 0.2) is 0 Å². The van der Waals surface area contributed by atoms with E-state index in [1.807, 2.05) is 30.3 Å². The minimum atomic E-state index is 0.209. The van der Waals surface area contributed by atoms with E-state index >= 15 is 0 Å². The van der Waals surface area contributed by atoms with Gasteiger partial charge in [-0.15, -0.1) is 0 Å². The lowest BCUT2D eigenvalue weighted by Gasteiger charge is -2.10. The molecule has 0 aromatic heterocycles. The molecule has 17 heavy (non-hydrogen) atoms. The molecule has 1 aliphatic heterocycles. The first kappa shape index (κ1) is 10.2. The molecule has 0 saturated heterocycles. The highest BCUT2D eigenvalue weighted by Gasteiger charge is 2.22. The molecule has 0 amide bonds. The molecule has 0 spiro atoms. The summed E-state index contributed by atoms with van der Waals surface area (Å²) in [5.41, 5.74) is 3.02. The number of thioether (sulfide) groups is 1. The summed E-state index contributed by atoms with van der Waals surface area (Å²) < 4.78 is 0. The van der Waals surface area contributed by atoms with Crippen LogP contribution in [0.1, 0.15) is 16.5 Å². The zero-order chi connectivity index (χ0) is 11.7. The van der Waals surface area contributed by atoms with Gasteiger partial charge in [0, 0.05) is 10.6 Å². The summed E-state index contributed by atoms with van der Waals surface area (Å²) in [5.74, 6) is 0. The zero-order valence-corrected chi connectivity index (χ0v) is 9.87. The molecule has 1 aliphatic rings. The highest BCUT2D eigenvalue weighted by atomic mass is 32.2. The predicted molar refractivity (Wildman–Crippen MR) is 69.8 cm³/mol. The lowest BCUT2D eigenvalue weighted by molar-refractivity contribution is 1.13. The maximum atomic E-state index is 8.90. The molecule has 3 rings (SSSR count). The van der Waals surface area contributed by atoms with Crippen LogP contribution in [0.4, 0.5) is 5.69 Å². The Morgan fingerprint density at radius 3 is 2.82 bits per heavy atom. The number of nitrogens with zero attached hydrogens (tertiary/aromatic N) is 1. The molecule has 0 saturated carbocycles. The van der Waals surface area contributed by atoms with Crippen LogP contribution in [0.2, 0.25) is 0 Å². The quantitative estimate of drug-likeness (QED) is 0.821. The Morgan fingerprint density at radius 1 is 1.12 bits per heavy atom. The van der Waals surface area contributed by atoms with Crippen LogP contribution in [0.25, 0.3) is 0 Å². The molecule has 1 N–H and O–H groups in total. The van der Waals surface area contributed by atoms with E-state index in [9.17, 15) is 0 Å². The molecule has 82 valence electrons. The summed E-state index contributed by atoms with van der Waals surface area (Å²) in [6, 6.07) is 18.2. The van der Waals surface area contributed by atoms with Crippen molar-refractivity contribution in [2.45, 2.75) is 10.3 Å². The summed E-state index contributed by atoms with van der Waals surface area (Å²) in [5, 5.41) is 12.6. The summed E-state index contributed by atoms with van der Waals surface area (Å²) in [6.45, 7) is 0. The number of rotatable bonds is 1. The molecule has 2 aromatic carbocycles. The Kier molecular flexibility index (Phi) is 2.50. The molecule has 1 atom stereocenters. The second-order valence-electron chi connectivity index (χ2n) is 3.88. The number of hydrogen-bond donors (Lipinski definition) is 1. The number of benzene rings is 2. The first-order valence-electron chi connectivity index (χ1n) is 5.39. The van der Waals surface area contributed by atoms with E-state index in [4.69, 9.17) is 5.26 Å². The molecular weight excluding hydrogens is 228 g/mol. The fourth-order valence-electron chi connectivity index (χ4n) is 1.91. The summed E-state index contributed by atoms with van der Waals surface area (Å²) in [7, 11) is 0. The van der Waals surface area contributed by atoms with Gasteiger partial charge < -0.3 is 5.32 Å². The Hall–Kier alpha value is -1.92. The Balaban J connectivity index is 1.92. The molecule has 0 bridgehead atoms. The largest absolute Gasteiger partial charge is 0.368 e. The van der Waals surface area contributed by atoms with Crippen LogP contribution in [-0.4, -0.2) is 0 Å².